The van der Waals surface area contributed by atoms with E-state index >= 15 is 0 Å². The molecule has 0 saturated heterocycles. The summed E-state index contributed by atoms with van der Waals surface area (Å²) in [6.45, 7) is 1.56. The van der Waals surface area contributed by atoms with Gasteiger partial charge in [-0.15, -0.1) is 0 Å². The van der Waals surface area contributed by atoms with Crippen LogP contribution in [0.4, 0.5) is 5.69 Å². The minimum absolute atomic E-state index is 0.105. The van der Waals surface area contributed by atoms with Crippen molar-refractivity contribution in [3.63, 3.8) is 0 Å². The van der Waals surface area contributed by atoms with Gasteiger partial charge >= 0.3 is 0 Å². The number of hydrogen-bond acceptors (Lipinski definition) is 6. The van der Waals surface area contributed by atoms with Crippen LogP contribution in [-0.4, -0.2) is 21.2 Å². The normalized spacial score (nSPS) is 10.7. The van der Waals surface area contributed by atoms with E-state index in [1.165, 1.54) is 24.3 Å². The van der Waals surface area contributed by atoms with E-state index in [0.29, 0.717) is 5.69 Å². The van der Waals surface area contributed by atoms with Gasteiger partial charge in [-0.3, -0.25) is 10.2 Å². The zero-order valence-corrected chi connectivity index (χ0v) is 12.6. The first-order valence-electron chi connectivity index (χ1n) is 7.01. The first-order valence-corrected chi connectivity index (χ1v) is 7.01. The Hall–Kier alpha value is -3.48. The molecule has 5 N–H and O–H groups in total. The smallest absolute Gasteiger partial charge is 0.235 e. The number of anilines is 1. The average molecular weight is 326 g/mol. The van der Waals surface area contributed by atoms with Crippen LogP contribution in [0, 0.1) is 5.41 Å². The molecule has 2 aromatic carbocycles. The lowest BCUT2D eigenvalue weighted by Crippen LogP contribution is -2.07. The molecule has 1 heterocycles. The lowest BCUT2D eigenvalue weighted by Gasteiger charge is -2.09. The summed E-state index contributed by atoms with van der Waals surface area (Å²) in [7, 11) is 0. The van der Waals surface area contributed by atoms with Gasteiger partial charge in [-0.25, -0.2) is 0 Å². The zero-order valence-electron chi connectivity index (χ0n) is 12.6. The number of aromatic hydroxyl groups is 3. The van der Waals surface area contributed by atoms with Gasteiger partial charge in [0.1, 0.15) is 5.58 Å². The third kappa shape index (κ3) is 2.63. The van der Waals surface area contributed by atoms with Gasteiger partial charge in [0.05, 0.1) is 11.2 Å². The monoisotopic (exact) mass is 326 g/mol. The van der Waals surface area contributed by atoms with Crippen molar-refractivity contribution in [3.8, 4) is 28.6 Å². The topological polar surface area (TPSA) is 127 Å². The molecule has 3 rings (SSSR count). The van der Waals surface area contributed by atoms with Crippen LogP contribution in [-0.2, 0) is 0 Å². The molecular formula is C17H14N2O5. The van der Waals surface area contributed by atoms with E-state index in [4.69, 9.17) is 9.83 Å². The summed E-state index contributed by atoms with van der Waals surface area (Å²) >= 11 is 0. The number of amidine groups is 1. The zero-order chi connectivity index (χ0) is 17.4. The number of benzene rings is 2. The molecule has 0 saturated carbocycles. The van der Waals surface area contributed by atoms with Crippen molar-refractivity contribution in [2.24, 2.45) is 0 Å². The first-order chi connectivity index (χ1) is 11.4. The number of rotatable bonds is 2. The van der Waals surface area contributed by atoms with E-state index in [2.05, 4.69) is 5.32 Å². The lowest BCUT2D eigenvalue weighted by molar-refractivity contribution is 0.403. The summed E-state index contributed by atoms with van der Waals surface area (Å²) in [6.07, 6.45) is 0. The first kappa shape index (κ1) is 15.4. The van der Waals surface area contributed by atoms with Gasteiger partial charge in [0.2, 0.25) is 11.2 Å². The summed E-state index contributed by atoms with van der Waals surface area (Å²) in [6, 6.07) is 8.50. The summed E-state index contributed by atoms with van der Waals surface area (Å²) in [4.78, 5) is 12.4. The number of nitrogens with one attached hydrogen (secondary N) is 2. The SMILES string of the molecule is CC(=N)Nc1ccc2oc(-c3ccc(O)c(O)c3)c(O)c(=O)c2c1. The predicted octanol–water partition coefficient (Wildman–Crippen LogP) is 2.99. The second kappa shape index (κ2) is 5.62. The van der Waals surface area contributed by atoms with Crippen molar-refractivity contribution in [1.29, 1.82) is 5.41 Å². The van der Waals surface area contributed by atoms with Crippen molar-refractivity contribution in [3.05, 3.63) is 46.6 Å². The largest absolute Gasteiger partial charge is 0.504 e. The molecular weight excluding hydrogens is 312 g/mol. The number of fused-ring (bicyclic) bond motifs is 1. The van der Waals surface area contributed by atoms with Crippen molar-refractivity contribution < 1.29 is 19.7 Å². The van der Waals surface area contributed by atoms with E-state index in [1.54, 1.807) is 19.1 Å². The molecule has 0 aliphatic rings. The molecule has 0 aliphatic carbocycles. The Bertz CT molecular complexity index is 1020. The summed E-state index contributed by atoms with van der Waals surface area (Å²) in [5, 5.41) is 39.4. The Labute approximate surface area is 135 Å². The number of hydrogen-bond donors (Lipinski definition) is 5. The summed E-state index contributed by atoms with van der Waals surface area (Å²) in [5.74, 6) is -1.21. The molecule has 24 heavy (non-hydrogen) atoms. The van der Waals surface area contributed by atoms with Crippen molar-refractivity contribution >= 4 is 22.5 Å². The molecule has 0 bridgehead atoms. The Balaban J connectivity index is 2.21. The van der Waals surface area contributed by atoms with E-state index < -0.39 is 16.9 Å². The van der Waals surface area contributed by atoms with Gasteiger partial charge in [0, 0.05) is 11.3 Å². The quantitative estimate of drug-likeness (QED) is 0.280. The maximum atomic E-state index is 12.4. The fourth-order valence-electron chi connectivity index (χ4n) is 2.34. The van der Waals surface area contributed by atoms with Crippen LogP contribution in [0.5, 0.6) is 17.2 Å². The predicted molar refractivity (Wildman–Crippen MR) is 89.9 cm³/mol. The van der Waals surface area contributed by atoms with Crippen LogP contribution >= 0.6 is 0 Å². The minimum Gasteiger partial charge on any atom is -0.504 e. The highest BCUT2D eigenvalue weighted by Gasteiger charge is 2.17. The summed E-state index contributed by atoms with van der Waals surface area (Å²) < 4.78 is 5.59. The maximum Gasteiger partial charge on any atom is 0.235 e. The van der Waals surface area contributed by atoms with Crippen molar-refractivity contribution in [1.82, 2.24) is 0 Å². The van der Waals surface area contributed by atoms with Crippen molar-refractivity contribution in [2.75, 3.05) is 5.32 Å². The lowest BCUT2D eigenvalue weighted by atomic mass is 10.1. The van der Waals surface area contributed by atoms with E-state index in [1.807, 2.05) is 0 Å². The van der Waals surface area contributed by atoms with E-state index in [-0.39, 0.29) is 33.9 Å². The van der Waals surface area contributed by atoms with Gasteiger partial charge in [-0.05, 0) is 43.3 Å². The Morgan fingerprint density at radius 2 is 1.83 bits per heavy atom. The van der Waals surface area contributed by atoms with Crippen LogP contribution in [0.2, 0.25) is 0 Å². The standard InChI is InChI=1S/C17H14N2O5/c1-8(18)19-10-3-5-14-11(7-10)15(22)16(23)17(24-14)9-2-4-12(20)13(21)6-9/h2-7,20-21,23H,1H3,(H2,18,19). The summed E-state index contributed by atoms with van der Waals surface area (Å²) in [5.41, 5.74) is 0.384. The van der Waals surface area contributed by atoms with Gasteiger partial charge < -0.3 is 25.1 Å². The molecule has 7 heteroatoms. The average Bonchev–Trinajstić information content (AvgIpc) is 2.53. The Kier molecular flexibility index (Phi) is 3.61. The molecule has 3 aromatic rings. The van der Waals surface area contributed by atoms with Crippen LogP contribution in [0.1, 0.15) is 6.92 Å². The van der Waals surface area contributed by atoms with Crippen LogP contribution in [0.15, 0.2) is 45.6 Å². The molecule has 122 valence electrons. The Morgan fingerprint density at radius 3 is 2.50 bits per heavy atom. The van der Waals surface area contributed by atoms with Gasteiger partial charge in [-0.2, -0.15) is 0 Å². The van der Waals surface area contributed by atoms with Crippen LogP contribution in [0.3, 0.4) is 0 Å². The molecule has 0 spiro atoms. The minimum atomic E-state index is -0.634. The molecule has 0 fully saturated rings. The third-order valence-corrected chi connectivity index (χ3v) is 3.44. The van der Waals surface area contributed by atoms with Gasteiger partial charge in [-0.1, -0.05) is 0 Å². The van der Waals surface area contributed by atoms with Crippen LogP contribution in [0.25, 0.3) is 22.3 Å². The number of phenolic OH excluding ortho intramolecular Hbond substituents is 2. The second-order valence-electron chi connectivity index (χ2n) is 5.27. The molecule has 0 amide bonds. The second-order valence-corrected chi connectivity index (χ2v) is 5.27. The van der Waals surface area contributed by atoms with E-state index in [9.17, 15) is 20.1 Å². The molecule has 0 radical (unpaired) electrons. The molecule has 0 aliphatic heterocycles. The highest BCUT2D eigenvalue weighted by Crippen LogP contribution is 2.35. The maximum absolute atomic E-state index is 12.4. The highest BCUT2D eigenvalue weighted by atomic mass is 16.4. The van der Waals surface area contributed by atoms with E-state index in [0.717, 1.165) is 0 Å². The fourth-order valence-corrected chi connectivity index (χ4v) is 2.34. The third-order valence-electron chi connectivity index (χ3n) is 3.44. The molecule has 7 nitrogen and oxygen atoms in total. The van der Waals surface area contributed by atoms with Crippen LogP contribution < -0.4 is 10.7 Å². The van der Waals surface area contributed by atoms with Gasteiger partial charge in [0.15, 0.2) is 17.3 Å². The fraction of sp³-hybridized carbons (Fsp3) is 0.0588. The molecule has 0 unspecified atom stereocenters. The Morgan fingerprint density at radius 1 is 1.08 bits per heavy atom. The molecule has 1 aromatic heterocycles. The van der Waals surface area contributed by atoms with Crippen molar-refractivity contribution in [2.45, 2.75) is 6.92 Å². The van der Waals surface area contributed by atoms with Gasteiger partial charge in [0.25, 0.3) is 0 Å². The highest BCUT2D eigenvalue weighted by molar-refractivity contribution is 5.94. The molecule has 0 atom stereocenters. The number of phenols is 2.